The molecule has 0 heterocycles. The molecule has 0 fully saturated rings. The first-order chi connectivity index (χ1) is 12.5. The zero-order chi connectivity index (χ0) is 19.8. The fourth-order valence-corrected chi connectivity index (χ4v) is 2.28. The van der Waals surface area contributed by atoms with Crippen molar-refractivity contribution in [3.05, 3.63) is 0 Å². The maximum absolute atomic E-state index is 12.5. The summed E-state index contributed by atoms with van der Waals surface area (Å²) in [6, 6.07) is -1.42. The van der Waals surface area contributed by atoms with E-state index in [0.29, 0.717) is 32.5 Å². The minimum absolute atomic E-state index is 0.324. The monoisotopic (exact) mass is 372 g/mol. The van der Waals surface area contributed by atoms with Crippen LogP contribution in [0.2, 0.25) is 0 Å². The van der Waals surface area contributed by atoms with Gasteiger partial charge in [-0.15, -0.1) is 0 Å². The van der Waals surface area contributed by atoms with E-state index < -0.39 is 24.1 Å². The maximum Gasteiger partial charge on any atom is 0.407 e. The van der Waals surface area contributed by atoms with Crippen LogP contribution >= 0.6 is 0 Å². The Bertz CT molecular complexity index is 415. The van der Waals surface area contributed by atoms with Crippen LogP contribution in [-0.4, -0.2) is 43.3 Å². The zero-order valence-corrected chi connectivity index (χ0v) is 16.8. The summed E-state index contributed by atoms with van der Waals surface area (Å²) in [7, 11) is 0. The van der Waals surface area contributed by atoms with Gasteiger partial charge in [0.1, 0.15) is 12.1 Å². The van der Waals surface area contributed by atoms with Gasteiger partial charge in [-0.2, -0.15) is 0 Å². The number of amides is 2. The van der Waals surface area contributed by atoms with Crippen molar-refractivity contribution in [3.63, 3.8) is 0 Å². The second-order valence-electron chi connectivity index (χ2n) is 6.35. The van der Waals surface area contributed by atoms with Gasteiger partial charge < -0.3 is 20.1 Å². The van der Waals surface area contributed by atoms with Gasteiger partial charge in [-0.05, 0) is 25.7 Å². The number of carbonyl (C=O) groups excluding carboxylic acids is 3. The van der Waals surface area contributed by atoms with Crippen LogP contribution in [0.3, 0.4) is 0 Å². The van der Waals surface area contributed by atoms with Crippen LogP contribution in [0, 0.1) is 0 Å². The summed E-state index contributed by atoms with van der Waals surface area (Å²) in [6.07, 6.45) is 5.23. The van der Waals surface area contributed by atoms with E-state index in [1.165, 1.54) is 0 Å². The van der Waals surface area contributed by atoms with Crippen molar-refractivity contribution in [1.82, 2.24) is 10.6 Å². The average molecular weight is 373 g/mol. The zero-order valence-electron chi connectivity index (χ0n) is 16.8. The SMILES string of the molecule is CCCCOC(=O)NC(CCC)C(=O)NC(CCC)C(=O)OCCCC. The van der Waals surface area contributed by atoms with Crippen molar-refractivity contribution in [2.45, 2.75) is 91.1 Å². The van der Waals surface area contributed by atoms with Crippen molar-refractivity contribution >= 4 is 18.0 Å². The molecule has 0 saturated carbocycles. The third-order valence-corrected chi connectivity index (χ3v) is 3.84. The lowest BCUT2D eigenvalue weighted by Gasteiger charge is -2.22. The number of hydrogen-bond donors (Lipinski definition) is 2. The van der Waals surface area contributed by atoms with Gasteiger partial charge in [-0.1, -0.05) is 53.4 Å². The van der Waals surface area contributed by atoms with E-state index in [-0.39, 0.29) is 5.91 Å². The highest BCUT2D eigenvalue weighted by Gasteiger charge is 2.27. The van der Waals surface area contributed by atoms with E-state index in [2.05, 4.69) is 10.6 Å². The molecule has 2 N–H and O–H groups in total. The van der Waals surface area contributed by atoms with Crippen LogP contribution in [0.4, 0.5) is 4.79 Å². The van der Waals surface area contributed by atoms with Crippen molar-refractivity contribution in [2.75, 3.05) is 13.2 Å². The van der Waals surface area contributed by atoms with E-state index in [4.69, 9.17) is 9.47 Å². The molecular formula is C19H36N2O5. The van der Waals surface area contributed by atoms with Crippen molar-refractivity contribution < 1.29 is 23.9 Å². The first-order valence-electron chi connectivity index (χ1n) is 9.90. The molecule has 0 radical (unpaired) electrons. The topological polar surface area (TPSA) is 93.7 Å². The molecule has 0 aliphatic rings. The predicted molar refractivity (Wildman–Crippen MR) is 101 cm³/mol. The molecule has 0 aromatic carbocycles. The molecule has 7 heteroatoms. The second kappa shape index (κ2) is 15.5. The number of esters is 1. The van der Waals surface area contributed by atoms with Crippen LogP contribution in [0.1, 0.15) is 79.1 Å². The molecule has 2 unspecified atom stereocenters. The summed E-state index contributed by atoms with van der Waals surface area (Å²) in [6.45, 7) is 8.55. The lowest BCUT2D eigenvalue weighted by atomic mass is 10.1. The number of carbonyl (C=O) groups is 3. The molecule has 2 atom stereocenters. The number of nitrogens with one attached hydrogen (secondary N) is 2. The summed E-state index contributed by atoms with van der Waals surface area (Å²) < 4.78 is 10.3. The second-order valence-corrected chi connectivity index (χ2v) is 6.35. The fourth-order valence-electron chi connectivity index (χ4n) is 2.28. The Labute approximate surface area is 157 Å². The standard InChI is InChI=1S/C19H36N2O5/c1-5-9-13-25-18(23)16(12-8-4)20-17(22)15(11-7-3)21-19(24)26-14-10-6-2/h15-16H,5-14H2,1-4H3,(H,20,22)(H,21,24). The van der Waals surface area contributed by atoms with Gasteiger partial charge in [0.15, 0.2) is 0 Å². The van der Waals surface area contributed by atoms with E-state index in [1.807, 2.05) is 27.7 Å². The highest BCUT2D eigenvalue weighted by molar-refractivity contribution is 5.89. The lowest BCUT2D eigenvalue weighted by molar-refractivity contribution is -0.148. The number of rotatable bonds is 14. The van der Waals surface area contributed by atoms with Gasteiger partial charge in [0.25, 0.3) is 0 Å². The minimum Gasteiger partial charge on any atom is -0.464 e. The normalized spacial score (nSPS) is 12.8. The fraction of sp³-hybridized carbons (Fsp3) is 0.842. The van der Waals surface area contributed by atoms with Gasteiger partial charge in [0.2, 0.25) is 5.91 Å². The smallest absolute Gasteiger partial charge is 0.407 e. The summed E-state index contributed by atoms with van der Waals surface area (Å²) in [4.78, 5) is 36.5. The molecular weight excluding hydrogens is 336 g/mol. The van der Waals surface area contributed by atoms with E-state index in [0.717, 1.165) is 32.1 Å². The largest absolute Gasteiger partial charge is 0.464 e. The molecule has 26 heavy (non-hydrogen) atoms. The third kappa shape index (κ3) is 10.9. The number of alkyl carbamates (subject to hydrolysis) is 1. The average Bonchev–Trinajstić information content (AvgIpc) is 2.61. The predicted octanol–water partition coefficient (Wildman–Crippen LogP) is 3.31. The Balaban J connectivity index is 4.69. The van der Waals surface area contributed by atoms with Gasteiger partial charge in [0, 0.05) is 0 Å². The molecule has 0 bridgehead atoms. The minimum atomic E-state index is -0.725. The summed E-state index contributed by atoms with van der Waals surface area (Å²) >= 11 is 0. The highest BCUT2D eigenvalue weighted by Crippen LogP contribution is 2.05. The van der Waals surface area contributed by atoms with Gasteiger partial charge in [-0.3, -0.25) is 4.79 Å². The number of hydrogen-bond acceptors (Lipinski definition) is 5. The summed E-state index contributed by atoms with van der Waals surface area (Å²) in [5.74, 6) is -0.806. The van der Waals surface area contributed by atoms with Crippen LogP contribution < -0.4 is 10.6 Å². The van der Waals surface area contributed by atoms with E-state index >= 15 is 0 Å². The van der Waals surface area contributed by atoms with Crippen LogP contribution in [0.5, 0.6) is 0 Å². The summed E-state index contributed by atoms with van der Waals surface area (Å²) in [5.41, 5.74) is 0. The molecule has 0 saturated heterocycles. The summed E-state index contributed by atoms with van der Waals surface area (Å²) in [5, 5.41) is 5.31. The quantitative estimate of drug-likeness (QED) is 0.360. The number of ether oxygens (including phenoxy) is 2. The Morgan fingerprint density at radius 3 is 1.81 bits per heavy atom. The van der Waals surface area contributed by atoms with E-state index in [1.54, 1.807) is 0 Å². The molecule has 0 aromatic heterocycles. The Hall–Kier alpha value is -1.79. The van der Waals surface area contributed by atoms with Crippen LogP contribution in [0.15, 0.2) is 0 Å². The Morgan fingerprint density at radius 2 is 1.27 bits per heavy atom. The van der Waals surface area contributed by atoms with Crippen LogP contribution in [-0.2, 0) is 19.1 Å². The first-order valence-corrected chi connectivity index (χ1v) is 9.90. The molecule has 0 aromatic rings. The van der Waals surface area contributed by atoms with Gasteiger partial charge >= 0.3 is 12.1 Å². The van der Waals surface area contributed by atoms with Crippen molar-refractivity contribution in [3.8, 4) is 0 Å². The lowest BCUT2D eigenvalue weighted by Crippen LogP contribution is -2.52. The maximum atomic E-state index is 12.5. The number of unbranched alkanes of at least 4 members (excludes halogenated alkanes) is 2. The first kappa shape index (κ1) is 24.2. The Morgan fingerprint density at radius 1 is 0.731 bits per heavy atom. The molecule has 2 amide bonds. The molecule has 0 rings (SSSR count). The van der Waals surface area contributed by atoms with E-state index in [9.17, 15) is 14.4 Å². The van der Waals surface area contributed by atoms with Gasteiger partial charge in [0.05, 0.1) is 13.2 Å². The molecule has 0 aliphatic carbocycles. The molecule has 7 nitrogen and oxygen atoms in total. The van der Waals surface area contributed by atoms with Crippen molar-refractivity contribution in [2.24, 2.45) is 0 Å². The van der Waals surface area contributed by atoms with Crippen LogP contribution in [0.25, 0.3) is 0 Å². The third-order valence-electron chi connectivity index (χ3n) is 3.84. The molecule has 0 aliphatic heterocycles. The molecule has 152 valence electrons. The van der Waals surface area contributed by atoms with Gasteiger partial charge in [-0.25, -0.2) is 9.59 Å². The molecule has 0 spiro atoms. The highest BCUT2D eigenvalue weighted by atomic mass is 16.5. The van der Waals surface area contributed by atoms with Crippen molar-refractivity contribution in [1.29, 1.82) is 0 Å². The Kier molecular flexibility index (Phi) is 14.4.